The fourth-order valence-electron chi connectivity index (χ4n) is 1.72. The number of nitrogens with two attached hydrogens (primary N) is 1. The van der Waals surface area contributed by atoms with Crippen molar-refractivity contribution in [1.82, 2.24) is 4.98 Å². The van der Waals surface area contributed by atoms with Gasteiger partial charge in [0.15, 0.2) is 0 Å². The Morgan fingerprint density at radius 2 is 1.93 bits per heavy atom. The highest BCUT2D eigenvalue weighted by atomic mass is 14.7. The number of hydrogen-bond donors (Lipinski definition) is 1. The highest BCUT2D eigenvalue weighted by Gasteiger charge is 2.05. The maximum atomic E-state index is 5.94. The highest BCUT2D eigenvalue weighted by molar-refractivity contribution is 5.77. The fourth-order valence-corrected chi connectivity index (χ4v) is 1.72. The summed E-state index contributed by atoms with van der Waals surface area (Å²) >= 11 is 0. The lowest BCUT2D eigenvalue weighted by molar-refractivity contribution is 1.14. The summed E-state index contributed by atoms with van der Waals surface area (Å²) in [7, 11) is 0. The Labute approximate surface area is 89.8 Å². The van der Waals surface area contributed by atoms with Gasteiger partial charge in [-0.25, -0.2) is 0 Å². The van der Waals surface area contributed by atoms with Gasteiger partial charge < -0.3 is 5.73 Å². The van der Waals surface area contributed by atoms with Crippen LogP contribution in [-0.2, 0) is 6.42 Å². The van der Waals surface area contributed by atoms with Gasteiger partial charge in [-0.05, 0) is 23.6 Å². The van der Waals surface area contributed by atoms with Crippen molar-refractivity contribution in [3.05, 3.63) is 48.3 Å². The first kappa shape index (κ1) is 9.71. The summed E-state index contributed by atoms with van der Waals surface area (Å²) in [6.45, 7) is 2.14. The molecule has 0 saturated carbocycles. The highest BCUT2D eigenvalue weighted by Crippen LogP contribution is 2.27. The first-order valence-corrected chi connectivity index (χ1v) is 5.10. The largest absolute Gasteiger partial charge is 0.398 e. The van der Waals surface area contributed by atoms with Crippen LogP contribution in [0.1, 0.15) is 12.5 Å². The Bertz CT molecular complexity index is 464. The van der Waals surface area contributed by atoms with Gasteiger partial charge in [-0.15, -0.1) is 0 Å². The molecule has 0 spiro atoms. The minimum absolute atomic E-state index is 0.783. The summed E-state index contributed by atoms with van der Waals surface area (Å²) in [5.74, 6) is 0. The van der Waals surface area contributed by atoms with Crippen LogP contribution >= 0.6 is 0 Å². The van der Waals surface area contributed by atoms with Gasteiger partial charge in [0, 0.05) is 23.6 Å². The molecule has 0 atom stereocenters. The number of benzene rings is 1. The third-order valence-electron chi connectivity index (χ3n) is 2.54. The van der Waals surface area contributed by atoms with E-state index in [1.165, 1.54) is 11.1 Å². The number of nitrogens with zero attached hydrogens (tertiary/aromatic N) is 1. The van der Waals surface area contributed by atoms with E-state index in [4.69, 9.17) is 5.73 Å². The minimum Gasteiger partial charge on any atom is -0.398 e. The van der Waals surface area contributed by atoms with Crippen molar-refractivity contribution in [1.29, 1.82) is 0 Å². The number of nitrogen functional groups attached to an aromatic ring is 1. The van der Waals surface area contributed by atoms with Gasteiger partial charge in [0.05, 0.1) is 0 Å². The molecular weight excluding hydrogens is 184 g/mol. The minimum atomic E-state index is 0.783. The summed E-state index contributed by atoms with van der Waals surface area (Å²) in [5.41, 5.74) is 10.2. The van der Waals surface area contributed by atoms with E-state index in [9.17, 15) is 0 Å². The number of anilines is 1. The van der Waals surface area contributed by atoms with E-state index >= 15 is 0 Å². The average molecular weight is 198 g/mol. The Balaban J connectivity index is 2.59. The first-order valence-electron chi connectivity index (χ1n) is 5.10. The molecule has 2 N–H and O–H groups in total. The fraction of sp³-hybridized carbons (Fsp3) is 0.154. The predicted octanol–water partition coefficient (Wildman–Crippen LogP) is 2.89. The maximum absolute atomic E-state index is 5.94. The maximum Gasteiger partial charge on any atom is 0.0424 e. The Morgan fingerprint density at radius 3 is 2.67 bits per heavy atom. The van der Waals surface area contributed by atoms with Crippen LogP contribution in [0.5, 0.6) is 0 Å². The van der Waals surface area contributed by atoms with Crippen molar-refractivity contribution in [3.63, 3.8) is 0 Å². The van der Waals surface area contributed by atoms with Crippen LogP contribution < -0.4 is 5.73 Å². The summed E-state index contributed by atoms with van der Waals surface area (Å²) in [5, 5.41) is 0. The van der Waals surface area contributed by atoms with Crippen molar-refractivity contribution in [2.45, 2.75) is 13.3 Å². The Kier molecular flexibility index (Phi) is 2.68. The molecule has 76 valence electrons. The van der Waals surface area contributed by atoms with Gasteiger partial charge in [0.2, 0.25) is 0 Å². The molecule has 0 fully saturated rings. The monoisotopic (exact) mass is 198 g/mol. The number of rotatable bonds is 2. The van der Waals surface area contributed by atoms with E-state index in [-0.39, 0.29) is 0 Å². The zero-order chi connectivity index (χ0) is 10.7. The molecule has 1 heterocycles. The number of aryl methyl sites for hydroxylation is 1. The van der Waals surface area contributed by atoms with Crippen molar-refractivity contribution in [3.8, 4) is 11.1 Å². The van der Waals surface area contributed by atoms with Crippen molar-refractivity contribution >= 4 is 5.69 Å². The van der Waals surface area contributed by atoms with Crippen LogP contribution in [0.4, 0.5) is 5.69 Å². The van der Waals surface area contributed by atoms with Crippen molar-refractivity contribution < 1.29 is 0 Å². The second-order valence-electron chi connectivity index (χ2n) is 3.47. The zero-order valence-electron chi connectivity index (χ0n) is 8.77. The van der Waals surface area contributed by atoms with Gasteiger partial charge in [0.25, 0.3) is 0 Å². The molecule has 15 heavy (non-hydrogen) atoms. The SMILES string of the molecule is CCc1ccccc1-c1cnccc1N. The molecule has 1 aromatic heterocycles. The van der Waals surface area contributed by atoms with Gasteiger partial charge in [-0.2, -0.15) is 0 Å². The quantitative estimate of drug-likeness (QED) is 0.805. The zero-order valence-corrected chi connectivity index (χ0v) is 8.77. The lowest BCUT2D eigenvalue weighted by Gasteiger charge is -2.09. The molecule has 0 amide bonds. The molecule has 0 aliphatic rings. The van der Waals surface area contributed by atoms with E-state index in [1.807, 2.05) is 18.3 Å². The van der Waals surface area contributed by atoms with Gasteiger partial charge >= 0.3 is 0 Å². The van der Waals surface area contributed by atoms with Crippen LogP contribution in [0.25, 0.3) is 11.1 Å². The molecular formula is C13H14N2. The second-order valence-corrected chi connectivity index (χ2v) is 3.47. The van der Waals surface area contributed by atoms with Gasteiger partial charge in [-0.1, -0.05) is 31.2 Å². The Morgan fingerprint density at radius 1 is 1.13 bits per heavy atom. The second kappa shape index (κ2) is 4.13. The van der Waals surface area contributed by atoms with Crippen LogP contribution in [-0.4, -0.2) is 4.98 Å². The van der Waals surface area contributed by atoms with Crippen molar-refractivity contribution in [2.24, 2.45) is 0 Å². The van der Waals surface area contributed by atoms with Crippen LogP contribution in [0.3, 0.4) is 0 Å². The molecule has 0 unspecified atom stereocenters. The van der Waals surface area contributed by atoms with Crippen LogP contribution in [0, 0.1) is 0 Å². The van der Waals surface area contributed by atoms with Gasteiger partial charge in [0.1, 0.15) is 0 Å². The normalized spacial score (nSPS) is 10.2. The van der Waals surface area contributed by atoms with E-state index in [1.54, 1.807) is 6.20 Å². The summed E-state index contributed by atoms with van der Waals surface area (Å²) < 4.78 is 0. The molecule has 0 radical (unpaired) electrons. The van der Waals surface area contributed by atoms with E-state index in [0.717, 1.165) is 17.7 Å². The summed E-state index contributed by atoms with van der Waals surface area (Å²) in [6.07, 6.45) is 4.54. The van der Waals surface area contributed by atoms with Gasteiger partial charge in [-0.3, -0.25) is 4.98 Å². The number of hydrogen-bond acceptors (Lipinski definition) is 2. The van der Waals surface area contributed by atoms with Crippen LogP contribution in [0.2, 0.25) is 0 Å². The summed E-state index contributed by atoms with van der Waals surface area (Å²) in [4.78, 5) is 4.12. The van der Waals surface area contributed by atoms with E-state index < -0.39 is 0 Å². The smallest absolute Gasteiger partial charge is 0.0424 e. The first-order chi connectivity index (χ1) is 7.33. The molecule has 0 aliphatic heterocycles. The predicted molar refractivity (Wildman–Crippen MR) is 63.5 cm³/mol. The molecule has 2 rings (SSSR count). The molecule has 0 aliphatic carbocycles. The third-order valence-corrected chi connectivity index (χ3v) is 2.54. The average Bonchev–Trinajstić information content (AvgIpc) is 2.30. The molecule has 1 aromatic carbocycles. The lowest BCUT2D eigenvalue weighted by atomic mass is 9.98. The standard InChI is InChI=1S/C13H14N2/c1-2-10-5-3-4-6-11(10)12-9-15-8-7-13(12)14/h3-9H,2H2,1H3,(H2,14,15). The molecule has 0 saturated heterocycles. The lowest BCUT2D eigenvalue weighted by Crippen LogP contribution is -1.93. The number of aromatic nitrogens is 1. The molecule has 2 heteroatoms. The Hall–Kier alpha value is -1.83. The van der Waals surface area contributed by atoms with Crippen LogP contribution in [0.15, 0.2) is 42.7 Å². The third kappa shape index (κ3) is 1.84. The summed E-state index contributed by atoms with van der Waals surface area (Å²) in [6, 6.07) is 10.1. The number of pyridine rings is 1. The van der Waals surface area contributed by atoms with E-state index in [2.05, 4.69) is 30.1 Å². The molecule has 2 nitrogen and oxygen atoms in total. The van der Waals surface area contributed by atoms with E-state index in [0.29, 0.717) is 0 Å². The topological polar surface area (TPSA) is 38.9 Å². The molecule has 2 aromatic rings. The van der Waals surface area contributed by atoms with Crippen molar-refractivity contribution in [2.75, 3.05) is 5.73 Å². The molecule has 0 bridgehead atoms.